The van der Waals surface area contributed by atoms with Crippen LogP contribution in [-0.2, 0) is 4.79 Å². The fourth-order valence-corrected chi connectivity index (χ4v) is 3.12. The van der Waals surface area contributed by atoms with Gasteiger partial charge in [-0.15, -0.1) is 0 Å². The molecule has 1 aromatic rings. The largest absolute Gasteiger partial charge is 0.506 e. The Balaban J connectivity index is 1.83. The Morgan fingerprint density at radius 1 is 1.42 bits per heavy atom. The molecule has 2 rings (SSSR count). The minimum absolute atomic E-state index is 0.0439. The standard InChI is InChI=1S/C16H19ClFN3O3/c17-12-5-14(13(18)6-15(12)23)21-16(24)20-8-11-3-1-2-10(4-11)7-19-9-22/h5-6,10-11,23H,1-4,7-8H2,(H2,20,21,24). The topological polar surface area (TPSA) is 90.8 Å². The van der Waals surface area contributed by atoms with Crippen molar-refractivity contribution in [2.45, 2.75) is 25.7 Å². The second kappa shape index (κ2) is 8.66. The normalized spacial score (nSPS) is 20.1. The predicted molar refractivity (Wildman–Crippen MR) is 88.5 cm³/mol. The Morgan fingerprint density at radius 2 is 2.17 bits per heavy atom. The zero-order valence-corrected chi connectivity index (χ0v) is 13.8. The number of phenols is 1. The lowest BCUT2D eigenvalue weighted by Crippen LogP contribution is -2.35. The van der Waals surface area contributed by atoms with Crippen molar-refractivity contribution in [3.05, 3.63) is 23.0 Å². The summed E-state index contributed by atoms with van der Waals surface area (Å²) in [5, 5.41) is 14.3. The van der Waals surface area contributed by atoms with Crippen LogP contribution >= 0.6 is 11.6 Å². The van der Waals surface area contributed by atoms with Crippen molar-refractivity contribution < 1.29 is 19.1 Å². The van der Waals surface area contributed by atoms with Gasteiger partial charge in [-0.1, -0.05) is 18.0 Å². The van der Waals surface area contributed by atoms with Crippen molar-refractivity contribution in [3.8, 4) is 5.75 Å². The van der Waals surface area contributed by atoms with Crippen molar-refractivity contribution in [1.29, 1.82) is 0 Å². The number of aliphatic imine (C=N–C) groups is 1. The molecule has 6 nitrogen and oxygen atoms in total. The summed E-state index contributed by atoms with van der Waals surface area (Å²) in [5.74, 6) is -0.518. The van der Waals surface area contributed by atoms with Crippen molar-refractivity contribution in [1.82, 2.24) is 5.32 Å². The lowest BCUT2D eigenvalue weighted by atomic mass is 9.81. The number of isocyanates is 1. The summed E-state index contributed by atoms with van der Waals surface area (Å²) in [7, 11) is 0. The SMILES string of the molecule is O=C=NCC1CCCC(CNC(=O)Nc2cc(Cl)c(O)cc2F)C1. The van der Waals surface area contributed by atoms with Gasteiger partial charge in [-0.3, -0.25) is 0 Å². The van der Waals surface area contributed by atoms with Gasteiger partial charge in [0.05, 0.1) is 17.3 Å². The van der Waals surface area contributed by atoms with Gasteiger partial charge >= 0.3 is 6.03 Å². The number of amides is 2. The first-order valence-electron chi connectivity index (χ1n) is 7.76. The minimum atomic E-state index is -0.767. The Morgan fingerprint density at radius 3 is 2.92 bits per heavy atom. The van der Waals surface area contributed by atoms with Crippen LogP contribution in [0.2, 0.25) is 5.02 Å². The number of carbonyl (C=O) groups is 1. The fraction of sp³-hybridized carbons (Fsp3) is 0.500. The smallest absolute Gasteiger partial charge is 0.319 e. The molecule has 1 fully saturated rings. The molecule has 0 heterocycles. The van der Waals surface area contributed by atoms with Gasteiger partial charge < -0.3 is 15.7 Å². The number of nitrogens with one attached hydrogen (secondary N) is 2. The van der Waals surface area contributed by atoms with E-state index in [4.69, 9.17) is 11.6 Å². The summed E-state index contributed by atoms with van der Waals surface area (Å²) >= 11 is 5.70. The molecule has 0 radical (unpaired) electrons. The Bertz CT molecular complexity index is 650. The highest BCUT2D eigenvalue weighted by Gasteiger charge is 2.22. The quantitative estimate of drug-likeness (QED) is 0.429. The van der Waals surface area contributed by atoms with E-state index in [0.29, 0.717) is 24.9 Å². The van der Waals surface area contributed by atoms with Crippen molar-refractivity contribution >= 4 is 29.4 Å². The number of nitrogens with zero attached hydrogens (tertiary/aromatic N) is 1. The molecule has 1 aromatic carbocycles. The van der Waals surface area contributed by atoms with Gasteiger partial charge in [0.15, 0.2) is 5.82 Å². The maximum absolute atomic E-state index is 13.7. The molecule has 0 aromatic heterocycles. The third-order valence-electron chi connectivity index (χ3n) is 4.14. The molecule has 2 atom stereocenters. The molecular formula is C16H19ClFN3O3. The molecule has 8 heteroatoms. The predicted octanol–water partition coefficient (Wildman–Crippen LogP) is 3.45. The third-order valence-corrected chi connectivity index (χ3v) is 4.44. The van der Waals surface area contributed by atoms with E-state index in [1.807, 2.05) is 0 Å². The maximum Gasteiger partial charge on any atom is 0.319 e. The van der Waals surface area contributed by atoms with Crippen molar-refractivity contribution in [2.24, 2.45) is 16.8 Å². The van der Waals surface area contributed by atoms with Gasteiger partial charge in [-0.05, 0) is 37.2 Å². The zero-order chi connectivity index (χ0) is 17.5. The molecule has 0 bridgehead atoms. The van der Waals surface area contributed by atoms with E-state index in [1.165, 1.54) is 0 Å². The highest BCUT2D eigenvalue weighted by Crippen LogP contribution is 2.30. The summed E-state index contributed by atoms with van der Waals surface area (Å²) in [5.41, 5.74) is -0.0999. The number of rotatable bonds is 5. The van der Waals surface area contributed by atoms with Crippen LogP contribution in [-0.4, -0.2) is 30.3 Å². The lowest BCUT2D eigenvalue weighted by molar-refractivity contribution is 0.239. The number of hydrogen-bond acceptors (Lipinski definition) is 4. The van der Waals surface area contributed by atoms with Crippen LogP contribution in [0.25, 0.3) is 0 Å². The van der Waals surface area contributed by atoms with Crippen molar-refractivity contribution in [2.75, 3.05) is 18.4 Å². The highest BCUT2D eigenvalue weighted by molar-refractivity contribution is 6.32. The number of hydrogen-bond donors (Lipinski definition) is 3. The molecule has 0 aliphatic heterocycles. The van der Waals surface area contributed by atoms with Gasteiger partial charge in [0.1, 0.15) is 5.75 Å². The monoisotopic (exact) mass is 355 g/mol. The molecule has 0 spiro atoms. The van der Waals surface area contributed by atoms with E-state index in [9.17, 15) is 19.1 Å². The van der Waals surface area contributed by atoms with Gasteiger partial charge in [0.25, 0.3) is 0 Å². The number of benzene rings is 1. The number of carbonyl (C=O) groups excluding carboxylic acids is 2. The van der Waals surface area contributed by atoms with Crippen LogP contribution in [0.4, 0.5) is 14.9 Å². The van der Waals surface area contributed by atoms with Crippen LogP contribution in [0, 0.1) is 17.7 Å². The number of phenolic OH excluding ortho intramolecular Hbond substituents is 1. The first kappa shape index (κ1) is 18.2. The van der Waals surface area contributed by atoms with E-state index in [-0.39, 0.29) is 16.5 Å². The van der Waals surface area contributed by atoms with Gasteiger partial charge in [-0.25, -0.2) is 19.0 Å². The molecule has 1 aliphatic rings. The summed E-state index contributed by atoms with van der Waals surface area (Å²) in [4.78, 5) is 25.7. The van der Waals surface area contributed by atoms with Crippen LogP contribution < -0.4 is 10.6 Å². The molecule has 1 saturated carbocycles. The molecule has 1 aliphatic carbocycles. The maximum atomic E-state index is 13.7. The third kappa shape index (κ3) is 5.22. The number of anilines is 1. The molecular weight excluding hydrogens is 337 g/mol. The molecule has 3 N–H and O–H groups in total. The molecule has 24 heavy (non-hydrogen) atoms. The lowest BCUT2D eigenvalue weighted by Gasteiger charge is -2.28. The van der Waals surface area contributed by atoms with Crippen LogP contribution in [0.3, 0.4) is 0 Å². The van der Waals surface area contributed by atoms with Gasteiger partial charge in [-0.2, -0.15) is 0 Å². The molecule has 130 valence electrons. The van der Waals surface area contributed by atoms with Gasteiger partial charge in [0, 0.05) is 12.6 Å². The Labute approximate surface area is 144 Å². The van der Waals surface area contributed by atoms with E-state index < -0.39 is 11.8 Å². The molecule has 0 saturated heterocycles. The van der Waals surface area contributed by atoms with Crippen molar-refractivity contribution in [3.63, 3.8) is 0 Å². The average molecular weight is 356 g/mol. The molecule has 2 amide bonds. The fourth-order valence-electron chi connectivity index (χ4n) is 2.96. The van der Waals surface area contributed by atoms with E-state index in [1.54, 1.807) is 6.08 Å². The first-order valence-corrected chi connectivity index (χ1v) is 8.14. The zero-order valence-electron chi connectivity index (χ0n) is 13.0. The summed E-state index contributed by atoms with van der Waals surface area (Å²) < 4.78 is 13.7. The minimum Gasteiger partial charge on any atom is -0.506 e. The second-order valence-electron chi connectivity index (χ2n) is 5.95. The Hall–Kier alpha value is -2.11. The number of aromatic hydroxyl groups is 1. The Kier molecular flexibility index (Phi) is 6.58. The van der Waals surface area contributed by atoms with Crippen LogP contribution in [0.15, 0.2) is 17.1 Å². The number of halogens is 2. The highest BCUT2D eigenvalue weighted by atomic mass is 35.5. The average Bonchev–Trinajstić information content (AvgIpc) is 2.56. The molecule has 2 unspecified atom stereocenters. The van der Waals surface area contributed by atoms with E-state index in [2.05, 4.69) is 15.6 Å². The second-order valence-corrected chi connectivity index (χ2v) is 6.36. The number of urea groups is 1. The van der Waals surface area contributed by atoms with E-state index in [0.717, 1.165) is 37.8 Å². The van der Waals surface area contributed by atoms with E-state index >= 15 is 0 Å². The van der Waals surface area contributed by atoms with Gasteiger partial charge in [0.2, 0.25) is 6.08 Å². The first-order chi connectivity index (χ1) is 11.5. The summed E-state index contributed by atoms with van der Waals surface area (Å²) in [6.07, 6.45) is 5.46. The summed E-state index contributed by atoms with van der Waals surface area (Å²) in [6.45, 7) is 0.935. The van der Waals surface area contributed by atoms with Crippen LogP contribution in [0.1, 0.15) is 25.7 Å². The summed E-state index contributed by atoms with van der Waals surface area (Å²) in [6, 6.07) is 1.46. The van der Waals surface area contributed by atoms with Crippen LogP contribution in [0.5, 0.6) is 5.75 Å².